The van der Waals surface area contributed by atoms with Crippen molar-refractivity contribution in [2.24, 2.45) is 0 Å². The quantitative estimate of drug-likeness (QED) is 0.250. The lowest BCUT2D eigenvalue weighted by molar-refractivity contribution is 0.0776. The van der Waals surface area contributed by atoms with Crippen molar-refractivity contribution in [2.45, 2.75) is 38.1 Å². The number of carbonyl (C=O) groups is 1. The molecule has 1 amide bonds. The highest BCUT2D eigenvalue weighted by Crippen LogP contribution is 2.48. The zero-order valence-corrected chi connectivity index (χ0v) is 23.7. The Morgan fingerprint density at radius 3 is 2.56 bits per heavy atom. The molecule has 4 aromatic heterocycles. The SMILES string of the molecule is O=C1c2c(nc(CCc3ccc(F)cc3)c(-c3n[nH]c(=O)o3)c2-c2ccc3c(Cc4ccc(F)cn4)noc3c2)[C@H]2CCCN12. The number of carbonyl (C=O) groups excluding carboxylic acids is 1. The van der Waals surface area contributed by atoms with Crippen LogP contribution in [0.1, 0.15) is 57.6 Å². The Labute approximate surface area is 253 Å². The minimum absolute atomic E-state index is 0.0139. The number of hydrogen-bond donors (Lipinski definition) is 1. The van der Waals surface area contributed by atoms with Gasteiger partial charge in [-0.05, 0) is 73.2 Å². The Morgan fingerprint density at radius 2 is 1.78 bits per heavy atom. The van der Waals surface area contributed by atoms with Gasteiger partial charge in [0.1, 0.15) is 11.6 Å². The molecule has 6 aromatic rings. The van der Waals surface area contributed by atoms with Crippen LogP contribution in [0, 0.1) is 11.6 Å². The van der Waals surface area contributed by atoms with Gasteiger partial charge in [-0.25, -0.2) is 18.7 Å². The summed E-state index contributed by atoms with van der Waals surface area (Å²) in [7, 11) is 0. The third-order valence-electron chi connectivity index (χ3n) is 8.53. The fraction of sp³-hybridized carbons (Fsp3) is 0.212. The second kappa shape index (κ2) is 10.6. The molecule has 2 aliphatic heterocycles. The summed E-state index contributed by atoms with van der Waals surface area (Å²) in [5.74, 6) is -1.61. The summed E-state index contributed by atoms with van der Waals surface area (Å²) >= 11 is 0. The van der Waals surface area contributed by atoms with Gasteiger partial charge in [-0.15, -0.1) is 5.10 Å². The predicted octanol–water partition coefficient (Wildman–Crippen LogP) is 5.57. The number of aromatic nitrogens is 5. The summed E-state index contributed by atoms with van der Waals surface area (Å²) in [6.07, 6.45) is 4.11. The highest BCUT2D eigenvalue weighted by atomic mass is 19.1. The van der Waals surface area contributed by atoms with E-state index in [0.29, 0.717) is 76.4 Å². The molecule has 1 N–H and O–H groups in total. The van der Waals surface area contributed by atoms with Crippen LogP contribution < -0.4 is 5.76 Å². The molecule has 0 spiro atoms. The number of benzene rings is 2. The van der Waals surface area contributed by atoms with Crippen LogP contribution in [-0.2, 0) is 19.3 Å². The molecule has 2 aromatic carbocycles. The lowest BCUT2D eigenvalue weighted by Gasteiger charge is -2.17. The van der Waals surface area contributed by atoms with Gasteiger partial charge in [0, 0.05) is 29.6 Å². The van der Waals surface area contributed by atoms with Crippen LogP contribution in [0.3, 0.4) is 0 Å². The van der Waals surface area contributed by atoms with Crippen molar-refractivity contribution in [1.29, 1.82) is 0 Å². The first-order chi connectivity index (χ1) is 21.9. The predicted molar refractivity (Wildman–Crippen MR) is 157 cm³/mol. The van der Waals surface area contributed by atoms with Crippen LogP contribution in [0.2, 0.25) is 0 Å². The minimum atomic E-state index is -0.738. The van der Waals surface area contributed by atoms with Crippen molar-refractivity contribution < 1.29 is 22.5 Å². The minimum Gasteiger partial charge on any atom is -0.388 e. The maximum atomic E-state index is 13.9. The van der Waals surface area contributed by atoms with E-state index in [1.165, 1.54) is 18.2 Å². The number of halogens is 2. The third kappa shape index (κ3) is 4.69. The molecular weight excluding hydrogens is 582 g/mol. The number of fused-ring (bicyclic) bond motifs is 4. The molecule has 8 rings (SSSR count). The molecule has 0 aliphatic carbocycles. The molecule has 0 bridgehead atoms. The van der Waals surface area contributed by atoms with Crippen LogP contribution in [0.15, 0.2) is 74.5 Å². The number of rotatable bonds is 7. The smallest absolute Gasteiger partial charge is 0.388 e. The van der Waals surface area contributed by atoms with Crippen LogP contribution >= 0.6 is 0 Å². The Bertz CT molecular complexity index is 2150. The molecule has 1 saturated heterocycles. The second-order valence-corrected chi connectivity index (χ2v) is 11.3. The number of nitrogens with zero attached hydrogens (tertiary/aromatic N) is 5. The van der Waals surface area contributed by atoms with Gasteiger partial charge in [-0.1, -0.05) is 23.4 Å². The van der Waals surface area contributed by atoms with Crippen molar-refractivity contribution in [3.05, 3.63) is 117 Å². The van der Waals surface area contributed by atoms with E-state index in [2.05, 4.69) is 20.3 Å². The van der Waals surface area contributed by atoms with Crippen molar-refractivity contribution in [3.8, 4) is 22.6 Å². The number of pyridine rings is 2. The van der Waals surface area contributed by atoms with Gasteiger partial charge < -0.3 is 13.8 Å². The van der Waals surface area contributed by atoms with Gasteiger partial charge in [-0.2, -0.15) is 0 Å². The van der Waals surface area contributed by atoms with E-state index in [4.69, 9.17) is 13.9 Å². The fourth-order valence-corrected chi connectivity index (χ4v) is 6.46. The van der Waals surface area contributed by atoms with E-state index in [0.717, 1.165) is 30.0 Å². The van der Waals surface area contributed by atoms with Crippen LogP contribution in [-0.4, -0.2) is 42.7 Å². The molecule has 0 saturated carbocycles. The van der Waals surface area contributed by atoms with Gasteiger partial charge in [0.25, 0.3) is 11.8 Å². The molecule has 224 valence electrons. The fourth-order valence-electron chi connectivity index (χ4n) is 6.46. The standard InChI is InChI=1S/C33H24F2N6O4/c34-19-7-3-17(4-8-19)5-12-23-28(31-38-39-33(43)44-31)27(29-30(37-23)25-2-1-13-41(25)32(29)42)18-6-11-22-24(40-45-26(22)14-18)15-21-10-9-20(35)16-36-21/h3-4,6-11,14,16,25H,1-2,5,12-13,15H2,(H,39,43)/t25-/m1/s1. The maximum Gasteiger partial charge on any atom is 0.434 e. The average Bonchev–Trinajstić information content (AvgIpc) is 3.84. The third-order valence-corrected chi connectivity index (χ3v) is 8.53. The molecule has 45 heavy (non-hydrogen) atoms. The van der Waals surface area contributed by atoms with Crippen LogP contribution in [0.25, 0.3) is 33.6 Å². The summed E-state index contributed by atoms with van der Waals surface area (Å²) in [6.45, 7) is 0.624. The summed E-state index contributed by atoms with van der Waals surface area (Å²) in [5.41, 5.74) is 5.99. The number of aromatic amines is 1. The number of H-pyrrole nitrogens is 1. The van der Waals surface area contributed by atoms with Gasteiger partial charge in [0.05, 0.1) is 40.4 Å². The molecular formula is C33H24F2N6O4. The van der Waals surface area contributed by atoms with E-state index in [1.54, 1.807) is 24.3 Å². The van der Waals surface area contributed by atoms with Crippen LogP contribution in [0.4, 0.5) is 8.78 Å². The average molecular weight is 607 g/mol. The Morgan fingerprint density at radius 1 is 0.933 bits per heavy atom. The molecule has 1 atom stereocenters. The summed E-state index contributed by atoms with van der Waals surface area (Å²) in [6, 6.07) is 14.6. The lowest BCUT2D eigenvalue weighted by Crippen LogP contribution is -2.23. The normalized spacial score (nSPS) is 15.6. The van der Waals surface area contributed by atoms with E-state index < -0.39 is 11.6 Å². The number of amides is 1. The van der Waals surface area contributed by atoms with Crippen molar-refractivity contribution >= 4 is 16.9 Å². The van der Waals surface area contributed by atoms with Crippen molar-refractivity contribution in [1.82, 2.24) is 30.2 Å². The molecule has 0 unspecified atom stereocenters. The first-order valence-corrected chi connectivity index (χ1v) is 14.6. The highest BCUT2D eigenvalue weighted by molar-refractivity contribution is 6.08. The monoisotopic (exact) mass is 606 g/mol. The topological polar surface area (TPSA) is 131 Å². The molecule has 2 aliphatic rings. The zero-order chi connectivity index (χ0) is 30.7. The van der Waals surface area contributed by atoms with Gasteiger partial charge >= 0.3 is 5.76 Å². The summed E-state index contributed by atoms with van der Waals surface area (Å²) in [4.78, 5) is 37.1. The second-order valence-electron chi connectivity index (χ2n) is 11.3. The number of aryl methyl sites for hydroxylation is 2. The molecule has 12 heteroatoms. The van der Waals surface area contributed by atoms with Crippen molar-refractivity contribution in [2.75, 3.05) is 6.54 Å². The molecule has 0 radical (unpaired) electrons. The lowest BCUT2D eigenvalue weighted by atomic mass is 9.89. The maximum absolute atomic E-state index is 13.9. The summed E-state index contributed by atoms with van der Waals surface area (Å²) in [5, 5.41) is 11.5. The van der Waals surface area contributed by atoms with Gasteiger partial charge in [0.2, 0.25) is 0 Å². The first-order valence-electron chi connectivity index (χ1n) is 14.6. The van der Waals surface area contributed by atoms with Crippen molar-refractivity contribution in [3.63, 3.8) is 0 Å². The van der Waals surface area contributed by atoms with E-state index in [1.807, 2.05) is 17.0 Å². The Kier molecular flexibility index (Phi) is 6.36. The Hall–Kier alpha value is -5.52. The first kappa shape index (κ1) is 27.1. The van der Waals surface area contributed by atoms with Crippen LogP contribution in [0.5, 0.6) is 0 Å². The molecule has 10 nitrogen and oxygen atoms in total. The van der Waals surface area contributed by atoms with Gasteiger partial charge in [-0.3, -0.25) is 14.8 Å². The summed E-state index contributed by atoms with van der Waals surface area (Å²) < 4.78 is 38.2. The number of hydrogen-bond acceptors (Lipinski definition) is 8. The van der Waals surface area contributed by atoms with Gasteiger partial charge in [0.15, 0.2) is 5.58 Å². The molecule has 1 fully saturated rings. The highest BCUT2D eigenvalue weighted by Gasteiger charge is 2.44. The van der Waals surface area contributed by atoms with E-state index in [9.17, 15) is 18.4 Å². The van der Waals surface area contributed by atoms with E-state index in [-0.39, 0.29) is 23.7 Å². The zero-order valence-electron chi connectivity index (χ0n) is 23.7. The molecule has 6 heterocycles. The van der Waals surface area contributed by atoms with E-state index >= 15 is 0 Å². The number of nitrogens with one attached hydrogen (secondary N) is 1. The largest absolute Gasteiger partial charge is 0.434 e. The Balaban J connectivity index is 1.30.